The fraction of sp³-hybridized carbons (Fsp3) is 0.471. The van der Waals surface area contributed by atoms with Gasteiger partial charge in [-0.3, -0.25) is 4.79 Å². The van der Waals surface area contributed by atoms with E-state index in [0.717, 1.165) is 54.1 Å². The van der Waals surface area contributed by atoms with E-state index >= 15 is 0 Å². The molecule has 2 unspecified atom stereocenters. The van der Waals surface area contributed by atoms with Crippen molar-refractivity contribution in [3.63, 3.8) is 0 Å². The van der Waals surface area contributed by atoms with Gasteiger partial charge in [0, 0.05) is 24.4 Å². The number of Topliss-reactive ketones (excluding diaryl/α,β-unsaturated/α-hetero) is 1. The Kier molecular flexibility index (Phi) is 2.19. The summed E-state index contributed by atoms with van der Waals surface area (Å²) in [6, 6.07) is 3.94. The molecule has 2 atom stereocenters. The number of aliphatic hydroxyl groups is 1. The van der Waals surface area contributed by atoms with Gasteiger partial charge in [0.15, 0.2) is 17.3 Å². The number of hydrogen-bond donors (Lipinski definition) is 1. The Bertz CT molecular complexity index is 749. The summed E-state index contributed by atoms with van der Waals surface area (Å²) in [4.78, 5) is 14.9. The molecule has 0 saturated carbocycles. The van der Waals surface area contributed by atoms with Gasteiger partial charge in [0.05, 0.1) is 5.92 Å². The van der Waals surface area contributed by atoms with Gasteiger partial charge in [0.25, 0.3) is 0 Å². The van der Waals surface area contributed by atoms with E-state index in [1.54, 1.807) is 6.92 Å². The Balaban J connectivity index is 1.80. The number of ether oxygens (including phenoxy) is 2. The molecule has 0 spiro atoms. The van der Waals surface area contributed by atoms with Crippen molar-refractivity contribution in [1.82, 2.24) is 4.90 Å². The lowest BCUT2D eigenvalue weighted by Gasteiger charge is -2.23. The van der Waals surface area contributed by atoms with Crippen LogP contribution in [-0.2, 0) is 11.2 Å². The molecule has 3 aliphatic heterocycles. The SMILES string of the molecule is CC1(O)C(=O)C2CCN3CCc4cc5c(cc4C1=C23)OCO5. The van der Waals surface area contributed by atoms with E-state index in [9.17, 15) is 9.90 Å². The minimum atomic E-state index is -1.41. The van der Waals surface area contributed by atoms with Crippen LogP contribution in [0.5, 0.6) is 11.5 Å². The van der Waals surface area contributed by atoms with E-state index < -0.39 is 5.60 Å². The number of allylic oxidation sites excluding steroid dienone is 1. The number of benzene rings is 1. The predicted molar refractivity (Wildman–Crippen MR) is 78.5 cm³/mol. The van der Waals surface area contributed by atoms with Gasteiger partial charge in [0.2, 0.25) is 6.79 Å². The maximum atomic E-state index is 12.6. The van der Waals surface area contributed by atoms with Crippen LogP contribution in [0.1, 0.15) is 24.5 Å². The van der Waals surface area contributed by atoms with E-state index in [0.29, 0.717) is 5.75 Å². The first-order valence-corrected chi connectivity index (χ1v) is 7.76. The van der Waals surface area contributed by atoms with Crippen LogP contribution in [0.3, 0.4) is 0 Å². The number of ketones is 1. The topological polar surface area (TPSA) is 59.0 Å². The molecule has 5 rings (SSSR count). The molecule has 5 nitrogen and oxygen atoms in total. The molecule has 0 radical (unpaired) electrons. The van der Waals surface area contributed by atoms with Crippen molar-refractivity contribution in [2.75, 3.05) is 19.9 Å². The standard InChI is InChI=1S/C17H17NO4/c1-17(20)14-11-7-13-12(21-8-22-13)6-9(11)2-4-18-5-3-10(15(14)18)16(17)19/h6-7,10,20H,2-5,8H2,1H3. The van der Waals surface area contributed by atoms with Gasteiger partial charge in [-0.25, -0.2) is 0 Å². The van der Waals surface area contributed by atoms with Crippen LogP contribution in [-0.4, -0.2) is 41.3 Å². The smallest absolute Gasteiger partial charge is 0.231 e. The van der Waals surface area contributed by atoms with Gasteiger partial charge in [-0.2, -0.15) is 0 Å². The second kappa shape index (κ2) is 3.84. The summed E-state index contributed by atoms with van der Waals surface area (Å²) in [5.74, 6) is 1.24. The van der Waals surface area contributed by atoms with Crippen LogP contribution in [0.15, 0.2) is 17.8 Å². The van der Waals surface area contributed by atoms with Crippen LogP contribution in [0.2, 0.25) is 0 Å². The minimum Gasteiger partial charge on any atom is -0.454 e. The molecule has 0 aromatic heterocycles. The molecule has 22 heavy (non-hydrogen) atoms. The largest absolute Gasteiger partial charge is 0.454 e. The Morgan fingerprint density at radius 1 is 1.27 bits per heavy atom. The summed E-state index contributed by atoms with van der Waals surface area (Å²) >= 11 is 0. The number of rotatable bonds is 0. The van der Waals surface area contributed by atoms with Crippen molar-refractivity contribution in [2.24, 2.45) is 5.92 Å². The molecule has 4 aliphatic rings. The fourth-order valence-corrected chi connectivity index (χ4v) is 4.37. The molecule has 0 amide bonds. The van der Waals surface area contributed by atoms with E-state index in [1.165, 1.54) is 0 Å². The molecule has 1 N–H and O–H groups in total. The first-order valence-electron chi connectivity index (χ1n) is 7.76. The highest BCUT2D eigenvalue weighted by Crippen LogP contribution is 2.52. The summed E-state index contributed by atoms with van der Waals surface area (Å²) in [6.07, 6.45) is 1.70. The van der Waals surface area contributed by atoms with Gasteiger partial charge in [-0.05, 0) is 43.0 Å². The summed E-state index contributed by atoms with van der Waals surface area (Å²) < 4.78 is 11.0. The van der Waals surface area contributed by atoms with Crippen molar-refractivity contribution in [3.05, 3.63) is 29.0 Å². The maximum Gasteiger partial charge on any atom is 0.231 e. The van der Waals surface area contributed by atoms with Gasteiger partial charge in [-0.1, -0.05) is 0 Å². The van der Waals surface area contributed by atoms with Crippen molar-refractivity contribution >= 4 is 11.4 Å². The average Bonchev–Trinajstić information content (AvgIpc) is 3.11. The third-order valence-electron chi connectivity index (χ3n) is 5.42. The van der Waals surface area contributed by atoms with E-state index in [4.69, 9.17) is 9.47 Å². The molecule has 5 heteroatoms. The fourth-order valence-electron chi connectivity index (χ4n) is 4.37. The zero-order valence-corrected chi connectivity index (χ0v) is 12.4. The zero-order valence-electron chi connectivity index (χ0n) is 12.4. The maximum absolute atomic E-state index is 12.6. The lowest BCUT2D eigenvalue weighted by Crippen LogP contribution is -2.35. The highest BCUT2D eigenvalue weighted by Gasteiger charge is 2.54. The molecule has 1 aromatic carbocycles. The lowest BCUT2D eigenvalue weighted by molar-refractivity contribution is -0.132. The Morgan fingerprint density at radius 3 is 2.86 bits per heavy atom. The molecule has 3 heterocycles. The van der Waals surface area contributed by atoms with Crippen LogP contribution in [0.4, 0.5) is 0 Å². The molecule has 1 fully saturated rings. The molecular formula is C17H17NO4. The van der Waals surface area contributed by atoms with Crippen LogP contribution in [0, 0.1) is 5.92 Å². The van der Waals surface area contributed by atoms with Crippen molar-refractivity contribution in [1.29, 1.82) is 0 Å². The number of nitrogens with zero attached hydrogens (tertiary/aromatic N) is 1. The normalized spacial score (nSPS) is 31.5. The molecule has 114 valence electrons. The van der Waals surface area contributed by atoms with Crippen LogP contribution < -0.4 is 9.47 Å². The summed E-state index contributed by atoms with van der Waals surface area (Å²) in [6.45, 7) is 3.64. The second-order valence-corrected chi connectivity index (χ2v) is 6.64. The molecule has 1 saturated heterocycles. The van der Waals surface area contributed by atoms with Gasteiger partial charge >= 0.3 is 0 Å². The highest BCUT2D eigenvalue weighted by molar-refractivity contribution is 6.10. The molecule has 1 aromatic rings. The van der Waals surface area contributed by atoms with Gasteiger partial charge in [-0.15, -0.1) is 0 Å². The third kappa shape index (κ3) is 1.35. The molecular weight excluding hydrogens is 282 g/mol. The van der Waals surface area contributed by atoms with E-state index in [-0.39, 0.29) is 18.5 Å². The molecule has 1 aliphatic carbocycles. The summed E-state index contributed by atoms with van der Waals surface area (Å²) in [5.41, 5.74) is 2.48. The molecule has 0 bridgehead atoms. The summed E-state index contributed by atoms with van der Waals surface area (Å²) in [7, 11) is 0. The Labute approximate surface area is 128 Å². The second-order valence-electron chi connectivity index (χ2n) is 6.64. The quantitative estimate of drug-likeness (QED) is 0.783. The number of carbonyl (C=O) groups excluding carboxylic acids is 1. The first kappa shape index (κ1) is 12.5. The monoisotopic (exact) mass is 299 g/mol. The Morgan fingerprint density at radius 2 is 2.05 bits per heavy atom. The van der Waals surface area contributed by atoms with Gasteiger partial charge in [0.1, 0.15) is 5.60 Å². The van der Waals surface area contributed by atoms with Crippen LogP contribution >= 0.6 is 0 Å². The first-order chi connectivity index (χ1) is 10.6. The van der Waals surface area contributed by atoms with Crippen LogP contribution in [0.25, 0.3) is 5.57 Å². The van der Waals surface area contributed by atoms with Crippen molar-refractivity contribution in [3.8, 4) is 11.5 Å². The highest BCUT2D eigenvalue weighted by atomic mass is 16.7. The van der Waals surface area contributed by atoms with Crippen molar-refractivity contribution < 1.29 is 19.4 Å². The van der Waals surface area contributed by atoms with Gasteiger partial charge < -0.3 is 19.5 Å². The minimum absolute atomic E-state index is 0.0643. The summed E-state index contributed by atoms with van der Waals surface area (Å²) in [5, 5.41) is 10.9. The van der Waals surface area contributed by atoms with E-state index in [1.807, 2.05) is 12.1 Å². The Hall–Kier alpha value is -2.01. The lowest BCUT2D eigenvalue weighted by atomic mass is 9.87. The number of fused-ring (bicyclic) bond motifs is 3. The third-order valence-corrected chi connectivity index (χ3v) is 5.42. The van der Waals surface area contributed by atoms with E-state index in [2.05, 4.69) is 4.90 Å². The zero-order chi connectivity index (χ0) is 15.1. The number of hydrogen-bond acceptors (Lipinski definition) is 5. The average molecular weight is 299 g/mol. The van der Waals surface area contributed by atoms with Crippen molar-refractivity contribution in [2.45, 2.75) is 25.4 Å². The predicted octanol–water partition coefficient (Wildman–Crippen LogP) is 1.34. The number of carbonyl (C=O) groups is 1.